The first kappa shape index (κ1) is 11.4. The first-order valence-electron chi connectivity index (χ1n) is 6.34. The Bertz CT molecular complexity index is 180. The van der Waals surface area contributed by atoms with Crippen LogP contribution in [-0.4, -0.2) is 50.8 Å². The van der Waals surface area contributed by atoms with Crippen LogP contribution in [0.25, 0.3) is 0 Å². The van der Waals surface area contributed by atoms with Crippen molar-refractivity contribution < 1.29 is 4.74 Å². The van der Waals surface area contributed by atoms with Crippen LogP contribution in [0.1, 0.15) is 25.7 Å². The largest absolute Gasteiger partial charge is 0.381 e. The molecule has 0 radical (unpaired) electrons. The maximum atomic E-state index is 5.38. The highest BCUT2D eigenvalue weighted by Gasteiger charge is 2.18. The molecule has 0 spiro atoms. The molecule has 2 heterocycles. The molecule has 2 rings (SSSR count). The third-order valence-corrected chi connectivity index (χ3v) is 3.63. The molecule has 1 N–H and O–H groups in total. The third-order valence-electron chi connectivity index (χ3n) is 3.63. The average molecular weight is 212 g/mol. The van der Waals surface area contributed by atoms with E-state index in [1.54, 1.807) is 0 Å². The smallest absolute Gasteiger partial charge is 0.0495 e. The van der Waals surface area contributed by atoms with E-state index in [9.17, 15) is 0 Å². The lowest BCUT2D eigenvalue weighted by atomic mass is 10.0. The second kappa shape index (κ2) is 5.83. The Balaban J connectivity index is 1.56. The molecule has 3 nitrogen and oxygen atoms in total. The summed E-state index contributed by atoms with van der Waals surface area (Å²) in [5, 5.41) is 3.68. The van der Waals surface area contributed by atoms with Gasteiger partial charge in [-0.2, -0.15) is 0 Å². The van der Waals surface area contributed by atoms with E-state index in [4.69, 9.17) is 4.74 Å². The van der Waals surface area contributed by atoms with Crippen LogP contribution in [0.4, 0.5) is 0 Å². The van der Waals surface area contributed by atoms with Gasteiger partial charge in [-0.05, 0) is 51.7 Å². The Kier molecular flexibility index (Phi) is 4.42. The maximum Gasteiger partial charge on any atom is 0.0495 e. The zero-order valence-electron chi connectivity index (χ0n) is 9.87. The topological polar surface area (TPSA) is 24.5 Å². The van der Waals surface area contributed by atoms with Gasteiger partial charge in [-0.3, -0.25) is 0 Å². The molecule has 0 aromatic rings. The van der Waals surface area contributed by atoms with Crippen LogP contribution in [0.5, 0.6) is 0 Å². The van der Waals surface area contributed by atoms with Crippen molar-refractivity contribution in [3.8, 4) is 0 Å². The molecule has 2 atom stereocenters. The summed E-state index contributed by atoms with van der Waals surface area (Å²) in [5.74, 6) is 0.818. The molecule has 0 bridgehead atoms. The highest BCUT2D eigenvalue weighted by Crippen LogP contribution is 2.15. The van der Waals surface area contributed by atoms with Crippen LogP contribution < -0.4 is 5.32 Å². The molecule has 15 heavy (non-hydrogen) atoms. The van der Waals surface area contributed by atoms with E-state index in [1.807, 2.05) is 0 Å². The van der Waals surface area contributed by atoms with E-state index >= 15 is 0 Å². The summed E-state index contributed by atoms with van der Waals surface area (Å²) in [6.07, 6.45) is 5.26. The monoisotopic (exact) mass is 212 g/mol. The Labute approximate surface area is 93.2 Å². The number of likely N-dealkylation sites (tertiary alicyclic amines) is 1. The van der Waals surface area contributed by atoms with Gasteiger partial charge in [0.2, 0.25) is 0 Å². The van der Waals surface area contributed by atoms with Gasteiger partial charge in [0.15, 0.2) is 0 Å². The number of rotatable bonds is 4. The first-order chi connectivity index (χ1) is 7.34. The average Bonchev–Trinajstić information content (AvgIpc) is 2.71. The standard InChI is InChI=1S/C12H24N2O/c1-14-7-2-3-12(9-14)13-6-4-11-5-8-15-10-11/h11-13H,2-10H2,1H3. The molecule has 0 aromatic heterocycles. The lowest BCUT2D eigenvalue weighted by Gasteiger charge is -2.30. The van der Waals surface area contributed by atoms with Crippen LogP contribution in [0, 0.1) is 5.92 Å². The van der Waals surface area contributed by atoms with Gasteiger partial charge >= 0.3 is 0 Å². The summed E-state index contributed by atoms with van der Waals surface area (Å²) in [7, 11) is 2.22. The zero-order chi connectivity index (χ0) is 10.5. The lowest BCUT2D eigenvalue weighted by Crippen LogP contribution is -2.44. The minimum absolute atomic E-state index is 0.728. The molecule has 0 aromatic carbocycles. The van der Waals surface area contributed by atoms with Crippen LogP contribution in [0.3, 0.4) is 0 Å². The number of hydrogen-bond acceptors (Lipinski definition) is 3. The van der Waals surface area contributed by atoms with Crippen LogP contribution >= 0.6 is 0 Å². The fourth-order valence-corrected chi connectivity index (χ4v) is 2.64. The molecule has 2 saturated heterocycles. The van der Waals surface area contributed by atoms with Gasteiger partial charge in [-0.15, -0.1) is 0 Å². The van der Waals surface area contributed by atoms with E-state index in [1.165, 1.54) is 45.3 Å². The number of nitrogens with zero attached hydrogens (tertiary/aromatic N) is 1. The van der Waals surface area contributed by atoms with Crippen molar-refractivity contribution in [2.45, 2.75) is 31.7 Å². The van der Waals surface area contributed by atoms with Gasteiger partial charge in [0, 0.05) is 25.8 Å². The van der Waals surface area contributed by atoms with Gasteiger partial charge in [0.1, 0.15) is 0 Å². The van der Waals surface area contributed by atoms with Gasteiger partial charge in [0.25, 0.3) is 0 Å². The van der Waals surface area contributed by atoms with E-state index in [-0.39, 0.29) is 0 Å². The fourth-order valence-electron chi connectivity index (χ4n) is 2.64. The summed E-state index contributed by atoms with van der Waals surface area (Å²) < 4.78 is 5.38. The molecule has 88 valence electrons. The number of nitrogens with one attached hydrogen (secondary N) is 1. The number of piperidine rings is 1. The Morgan fingerprint density at radius 1 is 1.40 bits per heavy atom. The second-order valence-electron chi connectivity index (χ2n) is 5.07. The van der Waals surface area contributed by atoms with Crippen LogP contribution in [-0.2, 0) is 4.74 Å². The lowest BCUT2D eigenvalue weighted by molar-refractivity contribution is 0.182. The summed E-state index contributed by atoms with van der Waals surface area (Å²) in [6, 6.07) is 0.728. The highest BCUT2D eigenvalue weighted by molar-refractivity contribution is 4.77. The summed E-state index contributed by atoms with van der Waals surface area (Å²) in [5.41, 5.74) is 0. The quantitative estimate of drug-likeness (QED) is 0.755. The SMILES string of the molecule is CN1CCCC(NCCC2CCOC2)C1. The van der Waals surface area contributed by atoms with E-state index < -0.39 is 0 Å². The molecule has 2 aliphatic heterocycles. The molecular weight excluding hydrogens is 188 g/mol. The van der Waals surface area contributed by atoms with E-state index in [0.29, 0.717) is 0 Å². The third kappa shape index (κ3) is 3.74. The van der Waals surface area contributed by atoms with Crippen molar-refractivity contribution in [2.75, 3.05) is 39.9 Å². The van der Waals surface area contributed by atoms with Crippen molar-refractivity contribution in [3.63, 3.8) is 0 Å². The first-order valence-corrected chi connectivity index (χ1v) is 6.34. The minimum Gasteiger partial charge on any atom is -0.381 e. The van der Waals surface area contributed by atoms with Crippen molar-refractivity contribution in [1.29, 1.82) is 0 Å². The summed E-state index contributed by atoms with van der Waals surface area (Å²) >= 11 is 0. The predicted molar refractivity (Wildman–Crippen MR) is 62.1 cm³/mol. The Hall–Kier alpha value is -0.120. The fraction of sp³-hybridized carbons (Fsp3) is 1.00. The zero-order valence-corrected chi connectivity index (χ0v) is 9.87. The molecule has 0 aliphatic carbocycles. The van der Waals surface area contributed by atoms with Gasteiger partial charge < -0.3 is 15.0 Å². The van der Waals surface area contributed by atoms with Crippen molar-refractivity contribution in [3.05, 3.63) is 0 Å². The molecule has 2 unspecified atom stereocenters. The van der Waals surface area contributed by atoms with E-state index in [0.717, 1.165) is 25.2 Å². The van der Waals surface area contributed by atoms with Gasteiger partial charge in [0.05, 0.1) is 0 Å². The highest BCUT2D eigenvalue weighted by atomic mass is 16.5. The summed E-state index contributed by atoms with van der Waals surface area (Å²) in [4.78, 5) is 2.43. The molecule has 0 saturated carbocycles. The second-order valence-corrected chi connectivity index (χ2v) is 5.07. The van der Waals surface area contributed by atoms with Gasteiger partial charge in [-0.1, -0.05) is 0 Å². The van der Waals surface area contributed by atoms with Crippen molar-refractivity contribution >= 4 is 0 Å². The van der Waals surface area contributed by atoms with Crippen molar-refractivity contribution in [1.82, 2.24) is 10.2 Å². The molecule has 3 heteroatoms. The van der Waals surface area contributed by atoms with Gasteiger partial charge in [-0.25, -0.2) is 0 Å². The number of likely N-dealkylation sites (N-methyl/N-ethyl adjacent to an activating group) is 1. The molecule has 2 aliphatic rings. The number of ether oxygens (including phenoxy) is 1. The molecular formula is C12H24N2O. The number of hydrogen-bond donors (Lipinski definition) is 1. The minimum atomic E-state index is 0.728. The maximum absolute atomic E-state index is 5.38. The Morgan fingerprint density at radius 3 is 3.07 bits per heavy atom. The van der Waals surface area contributed by atoms with E-state index in [2.05, 4.69) is 17.3 Å². The Morgan fingerprint density at radius 2 is 2.33 bits per heavy atom. The predicted octanol–water partition coefficient (Wildman–Crippen LogP) is 1.10. The molecule has 2 fully saturated rings. The summed E-state index contributed by atoms with van der Waals surface area (Å²) in [6.45, 7) is 5.64. The molecule has 0 amide bonds. The van der Waals surface area contributed by atoms with Crippen LogP contribution in [0.2, 0.25) is 0 Å². The normalized spacial score (nSPS) is 33.4. The van der Waals surface area contributed by atoms with Crippen LogP contribution in [0.15, 0.2) is 0 Å². The van der Waals surface area contributed by atoms with Crippen molar-refractivity contribution in [2.24, 2.45) is 5.92 Å².